The number of rotatable bonds is 6. The van der Waals surface area contributed by atoms with Crippen LogP contribution in [0.1, 0.15) is 46.0 Å². The van der Waals surface area contributed by atoms with Crippen molar-refractivity contribution in [2.45, 2.75) is 52.1 Å². The Bertz CT molecular complexity index is 338. The lowest BCUT2D eigenvalue weighted by Gasteiger charge is -2.32. The minimum atomic E-state index is -0.907. The first-order valence-electron chi connectivity index (χ1n) is 7.16. The molecule has 0 bridgehead atoms. The third kappa shape index (κ3) is 5.60. The van der Waals surface area contributed by atoms with Crippen LogP contribution in [0.25, 0.3) is 0 Å². The smallest absolute Gasteiger partial charge is 0.328 e. The van der Waals surface area contributed by atoms with Crippen LogP contribution in [0.15, 0.2) is 23.8 Å². The maximum absolute atomic E-state index is 10.5. The molecule has 0 aromatic heterocycles. The van der Waals surface area contributed by atoms with Gasteiger partial charge in [0.25, 0.3) is 0 Å². The van der Waals surface area contributed by atoms with E-state index in [1.807, 2.05) is 6.92 Å². The summed E-state index contributed by atoms with van der Waals surface area (Å²) in [6, 6.07) is 0. The molecule has 108 valence electrons. The van der Waals surface area contributed by atoms with Gasteiger partial charge in [-0.15, -0.1) is 0 Å². The second kappa shape index (κ2) is 8.16. The fourth-order valence-corrected chi connectivity index (χ4v) is 3.07. The van der Waals surface area contributed by atoms with E-state index in [-0.39, 0.29) is 6.10 Å². The zero-order valence-corrected chi connectivity index (χ0v) is 12.3. The van der Waals surface area contributed by atoms with Gasteiger partial charge in [-0.25, -0.2) is 4.79 Å². The molecule has 2 atom stereocenters. The van der Waals surface area contributed by atoms with Crippen molar-refractivity contribution in [3.8, 4) is 0 Å². The quantitative estimate of drug-likeness (QED) is 0.587. The molecular formula is C16H26O3. The highest BCUT2D eigenvalue weighted by atomic mass is 16.5. The van der Waals surface area contributed by atoms with Crippen LogP contribution in [-0.2, 0) is 9.53 Å². The maximum atomic E-state index is 10.5. The van der Waals surface area contributed by atoms with E-state index in [2.05, 4.69) is 13.0 Å². The van der Waals surface area contributed by atoms with Gasteiger partial charge in [-0.1, -0.05) is 43.9 Å². The third-order valence-corrected chi connectivity index (χ3v) is 3.92. The fourth-order valence-electron chi connectivity index (χ4n) is 3.07. The Hall–Kier alpha value is -1.09. The number of carboxylic acid groups (broad SMARTS) is 1. The van der Waals surface area contributed by atoms with Crippen molar-refractivity contribution >= 4 is 5.97 Å². The van der Waals surface area contributed by atoms with Crippen molar-refractivity contribution in [2.24, 2.45) is 11.8 Å². The van der Waals surface area contributed by atoms with Crippen LogP contribution in [-0.4, -0.2) is 24.3 Å². The Balaban J connectivity index is 2.64. The van der Waals surface area contributed by atoms with Crippen molar-refractivity contribution in [1.29, 1.82) is 0 Å². The van der Waals surface area contributed by atoms with Crippen molar-refractivity contribution < 1.29 is 14.6 Å². The van der Waals surface area contributed by atoms with E-state index in [0.29, 0.717) is 11.8 Å². The Morgan fingerprint density at radius 2 is 1.89 bits per heavy atom. The molecule has 1 aliphatic rings. The summed E-state index contributed by atoms with van der Waals surface area (Å²) >= 11 is 0. The van der Waals surface area contributed by atoms with Crippen molar-refractivity contribution in [3.05, 3.63) is 23.8 Å². The van der Waals surface area contributed by atoms with E-state index in [1.165, 1.54) is 38.2 Å². The molecule has 3 nitrogen and oxygen atoms in total. The zero-order valence-electron chi connectivity index (χ0n) is 12.3. The molecule has 2 unspecified atom stereocenters. The predicted octanol–water partition coefficient (Wildman–Crippen LogP) is 3.80. The Morgan fingerprint density at radius 3 is 2.42 bits per heavy atom. The summed E-state index contributed by atoms with van der Waals surface area (Å²) < 4.78 is 5.69. The molecule has 1 aliphatic carbocycles. The van der Waals surface area contributed by atoms with E-state index in [0.717, 1.165) is 5.57 Å². The van der Waals surface area contributed by atoms with Crippen LogP contribution >= 0.6 is 0 Å². The Kier molecular flexibility index (Phi) is 6.85. The third-order valence-electron chi connectivity index (χ3n) is 3.92. The van der Waals surface area contributed by atoms with Gasteiger partial charge in [-0.05, 0) is 25.7 Å². The van der Waals surface area contributed by atoms with E-state index in [9.17, 15) is 4.79 Å². The zero-order chi connectivity index (χ0) is 14.3. The molecule has 1 rings (SSSR count). The summed E-state index contributed by atoms with van der Waals surface area (Å²) in [5, 5.41) is 8.62. The van der Waals surface area contributed by atoms with Gasteiger partial charge in [0.05, 0.1) is 6.10 Å². The summed E-state index contributed by atoms with van der Waals surface area (Å²) in [5.41, 5.74) is 0.979. The lowest BCUT2D eigenvalue weighted by atomic mass is 9.80. The van der Waals surface area contributed by atoms with Crippen LogP contribution in [0.4, 0.5) is 0 Å². The molecule has 0 spiro atoms. The fraction of sp³-hybridized carbons (Fsp3) is 0.688. The Morgan fingerprint density at radius 1 is 1.26 bits per heavy atom. The molecule has 0 aromatic carbocycles. The van der Waals surface area contributed by atoms with Crippen LogP contribution in [0.5, 0.6) is 0 Å². The van der Waals surface area contributed by atoms with Crippen LogP contribution in [0, 0.1) is 11.8 Å². The van der Waals surface area contributed by atoms with Gasteiger partial charge in [-0.2, -0.15) is 0 Å². The maximum Gasteiger partial charge on any atom is 0.328 e. The summed E-state index contributed by atoms with van der Waals surface area (Å²) in [6.07, 6.45) is 11.6. The van der Waals surface area contributed by atoms with Gasteiger partial charge in [0.2, 0.25) is 0 Å². The molecule has 19 heavy (non-hydrogen) atoms. The summed E-state index contributed by atoms with van der Waals surface area (Å²) in [4.78, 5) is 10.5. The second-order valence-electron chi connectivity index (χ2n) is 5.54. The van der Waals surface area contributed by atoms with E-state index in [1.54, 1.807) is 13.2 Å². The molecule has 0 radical (unpaired) electrons. The molecule has 3 heteroatoms. The van der Waals surface area contributed by atoms with Crippen LogP contribution < -0.4 is 0 Å². The first-order valence-corrected chi connectivity index (χ1v) is 7.16. The number of hydrogen-bond donors (Lipinski definition) is 1. The monoisotopic (exact) mass is 266 g/mol. The summed E-state index contributed by atoms with van der Waals surface area (Å²) in [5.74, 6) is 0.0452. The van der Waals surface area contributed by atoms with E-state index < -0.39 is 5.97 Å². The largest absolute Gasteiger partial charge is 0.478 e. The van der Waals surface area contributed by atoms with Crippen molar-refractivity contribution in [2.75, 3.05) is 7.11 Å². The van der Waals surface area contributed by atoms with Gasteiger partial charge < -0.3 is 9.84 Å². The first-order chi connectivity index (χ1) is 9.04. The highest BCUT2D eigenvalue weighted by Gasteiger charge is 2.26. The molecule has 0 amide bonds. The molecule has 0 aliphatic heterocycles. The topological polar surface area (TPSA) is 46.5 Å². The predicted molar refractivity (Wildman–Crippen MR) is 77.1 cm³/mol. The molecule has 1 fully saturated rings. The number of hydrogen-bond acceptors (Lipinski definition) is 2. The minimum Gasteiger partial charge on any atom is -0.478 e. The summed E-state index contributed by atoms with van der Waals surface area (Å²) in [7, 11) is 1.78. The molecule has 0 saturated heterocycles. The molecule has 0 heterocycles. The van der Waals surface area contributed by atoms with E-state index in [4.69, 9.17) is 9.84 Å². The van der Waals surface area contributed by atoms with Gasteiger partial charge in [-0.3, -0.25) is 0 Å². The molecule has 1 saturated carbocycles. The van der Waals surface area contributed by atoms with Crippen LogP contribution in [0.2, 0.25) is 0 Å². The lowest BCUT2D eigenvalue weighted by Crippen LogP contribution is -2.30. The van der Waals surface area contributed by atoms with Gasteiger partial charge in [0.1, 0.15) is 0 Å². The van der Waals surface area contributed by atoms with E-state index >= 15 is 0 Å². The normalized spacial score (nSPS) is 21.5. The number of carboxylic acids is 1. The average molecular weight is 266 g/mol. The molecule has 1 N–H and O–H groups in total. The Labute approximate surface area is 116 Å². The minimum absolute atomic E-state index is 0.244. The number of ether oxygens (including phenoxy) is 1. The number of aliphatic carboxylic acids is 1. The lowest BCUT2D eigenvalue weighted by molar-refractivity contribution is -0.131. The number of carbonyl (C=O) groups is 1. The highest BCUT2D eigenvalue weighted by molar-refractivity contribution is 5.80. The van der Waals surface area contributed by atoms with Gasteiger partial charge in [0.15, 0.2) is 0 Å². The highest BCUT2D eigenvalue weighted by Crippen LogP contribution is 2.31. The molecular weight excluding hydrogens is 240 g/mol. The first kappa shape index (κ1) is 16.0. The van der Waals surface area contributed by atoms with Crippen molar-refractivity contribution in [1.82, 2.24) is 0 Å². The van der Waals surface area contributed by atoms with Gasteiger partial charge in [0, 0.05) is 19.1 Å². The standard InChI is InChI=1S/C16H26O3/c1-12(9-10-15(17)18)11-13(2)16(19-3)14-7-5-4-6-8-14/h9-11,13-14,16H,4-8H2,1-3H3,(H,17,18). The van der Waals surface area contributed by atoms with Gasteiger partial charge >= 0.3 is 5.97 Å². The van der Waals surface area contributed by atoms with Crippen molar-refractivity contribution in [3.63, 3.8) is 0 Å². The average Bonchev–Trinajstić information content (AvgIpc) is 2.38. The second-order valence-corrected chi connectivity index (χ2v) is 5.54. The number of allylic oxidation sites excluding steroid dienone is 2. The SMILES string of the molecule is COC(C(C)C=C(C)C=CC(=O)O)C1CCCCC1. The number of methoxy groups -OCH3 is 1. The van der Waals surface area contributed by atoms with Crippen LogP contribution in [0.3, 0.4) is 0 Å². The molecule has 0 aromatic rings. The summed E-state index contributed by atoms with van der Waals surface area (Å²) in [6.45, 7) is 4.09.